The number of benzene rings is 2. The first-order chi connectivity index (χ1) is 12.8. The van der Waals surface area contributed by atoms with Crippen LogP contribution < -0.4 is 10.6 Å². The maximum atomic E-state index is 5.58. The number of nitrogens with zero attached hydrogens (tertiary/aromatic N) is 2. The highest BCUT2D eigenvalue weighted by molar-refractivity contribution is 7.21. The van der Waals surface area contributed by atoms with Gasteiger partial charge in [-0.15, -0.1) is 11.3 Å². The molecular weight excluding hydrogens is 346 g/mol. The Hall–Kier alpha value is -1.99. The van der Waals surface area contributed by atoms with E-state index in [0.29, 0.717) is 33.0 Å². The smallest absolute Gasteiger partial charge is 0.124 e. The van der Waals surface area contributed by atoms with Gasteiger partial charge in [-0.3, -0.25) is 0 Å². The zero-order valence-corrected chi connectivity index (χ0v) is 15.9. The molecule has 1 aromatic heterocycles. The third kappa shape index (κ3) is 5.02. The standard InChI is InChI=1S/C20H25N3O2S/c1-23(11-13-25-15-14-24-12-10-21)17-8-6-16(7-9-17)20-22-18-4-2-3-5-19(18)26-20/h2-9H,10-15,21H2,1H3. The second kappa shape index (κ2) is 9.64. The van der Waals surface area contributed by atoms with Crippen molar-refractivity contribution >= 4 is 27.2 Å². The number of fused-ring (bicyclic) bond motifs is 1. The van der Waals surface area contributed by atoms with Gasteiger partial charge in [0.05, 0.1) is 36.6 Å². The molecule has 0 saturated heterocycles. The Morgan fingerprint density at radius 1 is 0.962 bits per heavy atom. The maximum Gasteiger partial charge on any atom is 0.124 e. The third-order valence-corrected chi connectivity index (χ3v) is 5.14. The van der Waals surface area contributed by atoms with E-state index in [0.717, 1.165) is 28.3 Å². The van der Waals surface area contributed by atoms with Crippen LogP contribution in [-0.2, 0) is 9.47 Å². The number of hydrogen-bond donors (Lipinski definition) is 1. The van der Waals surface area contributed by atoms with Gasteiger partial charge in [-0.05, 0) is 36.4 Å². The number of ether oxygens (including phenoxy) is 2. The van der Waals surface area contributed by atoms with Crippen LogP contribution in [0.1, 0.15) is 0 Å². The Morgan fingerprint density at radius 3 is 2.42 bits per heavy atom. The van der Waals surface area contributed by atoms with Crippen LogP contribution in [0.15, 0.2) is 48.5 Å². The molecule has 6 heteroatoms. The first-order valence-corrected chi connectivity index (χ1v) is 9.62. The zero-order valence-electron chi connectivity index (χ0n) is 15.1. The molecule has 0 saturated carbocycles. The second-order valence-corrected chi connectivity index (χ2v) is 7.00. The number of thiazole rings is 1. The van der Waals surface area contributed by atoms with Crippen LogP contribution >= 0.6 is 11.3 Å². The highest BCUT2D eigenvalue weighted by Crippen LogP contribution is 2.30. The van der Waals surface area contributed by atoms with Gasteiger partial charge in [0.1, 0.15) is 5.01 Å². The van der Waals surface area contributed by atoms with E-state index in [1.165, 1.54) is 4.70 Å². The summed E-state index contributed by atoms with van der Waals surface area (Å²) >= 11 is 1.73. The normalized spacial score (nSPS) is 11.2. The molecule has 0 aliphatic carbocycles. The summed E-state index contributed by atoms with van der Waals surface area (Å²) in [5.74, 6) is 0. The summed E-state index contributed by atoms with van der Waals surface area (Å²) in [7, 11) is 2.07. The minimum atomic E-state index is 0.551. The molecule has 138 valence electrons. The molecule has 0 amide bonds. The lowest BCUT2D eigenvalue weighted by molar-refractivity contribution is 0.0536. The molecule has 5 nitrogen and oxygen atoms in total. The Kier molecular flexibility index (Phi) is 6.96. The monoisotopic (exact) mass is 371 g/mol. The maximum absolute atomic E-state index is 5.58. The summed E-state index contributed by atoms with van der Waals surface area (Å²) in [5.41, 5.74) is 8.74. The molecule has 0 fully saturated rings. The van der Waals surface area contributed by atoms with E-state index in [-0.39, 0.29) is 0 Å². The van der Waals surface area contributed by atoms with Gasteiger partial charge in [-0.25, -0.2) is 4.98 Å². The lowest BCUT2D eigenvalue weighted by Crippen LogP contribution is -2.23. The molecule has 2 N–H and O–H groups in total. The van der Waals surface area contributed by atoms with E-state index in [2.05, 4.69) is 54.4 Å². The van der Waals surface area contributed by atoms with Crippen LogP contribution in [0.5, 0.6) is 0 Å². The van der Waals surface area contributed by atoms with Gasteiger partial charge in [0.25, 0.3) is 0 Å². The predicted octanol–water partition coefficient (Wildman–Crippen LogP) is 3.39. The van der Waals surface area contributed by atoms with Crippen LogP contribution in [0.4, 0.5) is 5.69 Å². The van der Waals surface area contributed by atoms with Gasteiger partial charge in [-0.2, -0.15) is 0 Å². The van der Waals surface area contributed by atoms with E-state index in [1.54, 1.807) is 11.3 Å². The van der Waals surface area contributed by atoms with Crippen molar-refractivity contribution in [1.29, 1.82) is 0 Å². The fraction of sp³-hybridized carbons (Fsp3) is 0.350. The Balaban J connectivity index is 1.50. The molecule has 0 spiro atoms. The van der Waals surface area contributed by atoms with E-state index in [9.17, 15) is 0 Å². The van der Waals surface area contributed by atoms with Gasteiger partial charge in [0.2, 0.25) is 0 Å². The number of anilines is 1. The lowest BCUT2D eigenvalue weighted by atomic mass is 10.2. The van der Waals surface area contributed by atoms with E-state index in [4.69, 9.17) is 20.2 Å². The zero-order chi connectivity index (χ0) is 18.2. The second-order valence-electron chi connectivity index (χ2n) is 5.97. The van der Waals surface area contributed by atoms with Crippen molar-refractivity contribution in [2.75, 3.05) is 51.5 Å². The largest absolute Gasteiger partial charge is 0.378 e. The lowest BCUT2D eigenvalue weighted by Gasteiger charge is -2.19. The van der Waals surface area contributed by atoms with Gasteiger partial charge in [-0.1, -0.05) is 12.1 Å². The van der Waals surface area contributed by atoms with Crippen molar-refractivity contribution in [2.45, 2.75) is 0 Å². The molecule has 26 heavy (non-hydrogen) atoms. The van der Waals surface area contributed by atoms with Gasteiger partial charge < -0.3 is 20.1 Å². The SMILES string of the molecule is CN(CCOCCOCCN)c1ccc(-c2nc3ccccc3s2)cc1. The average molecular weight is 372 g/mol. The first kappa shape index (κ1) is 18.8. The molecule has 0 unspecified atom stereocenters. The molecule has 0 atom stereocenters. The highest BCUT2D eigenvalue weighted by Gasteiger charge is 2.07. The fourth-order valence-corrected chi connectivity index (χ4v) is 3.56. The van der Waals surface area contributed by atoms with Crippen molar-refractivity contribution in [3.05, 3.63) is 48.5 Å². The topological polar surface area (TPSA) is 60.6 Å². The van der Waals surface area contributed by atoms with Crippen molar-refractivity contribution < 1.29 is 9.47 Å². The highest BCUT2D eigenvalue weighted by atomic mass is 32.1. The quantitative estimate of drug-likeness (QED) is 0.554. The first-order valence-electron chi connectivity index (χ1n) is 8.80. The minimum Gasteiger partial charge on any atom is -0.378 e. The van der Waals surface area contributed by atoms with Gasteiger partial charge in [0, 0.05) is 31.4 Å². The summed E-state index contributed by atoms with van der Waals surface area (Å²) in [6, 6.07) is 16.8. The van der Waals surface area contributed by atoms with Gasteiger partial charge in [0.15, 0.2) is 0 Å². The van der Waals surface area contributed by atoms with Crippen LogP contribution in [0.25, 0.3) is 20.8 Å². The van der Waals surface area contributed by atoms with E-state index in [1.807, 2.05) is 6.07 Å². The molecule has 0 aliphatic heterocycles. The fourth-order valence-electron chi connectivity index (χ4n) is 2.59. The van der Waals surface area contributed by atoms with Crippen LogP contribution in [0.2, 0.25) is 0 Å². The summed E-state index contributed by atoms with van der Waals surface area (Å²) in [6.45, 7) is 3.83. The van der Waals surface area contributed by atoms with E-state index < -0.39 is 0 Å². The minimum absolute atomic E-state index is 0.551. The summed E-state index contributed by atoms with van der Waals surface area (Å²) < 4.78 is 12.1. The van der Waals surface area contributed by atoms with Crippen molar-refractivity contribution in [2.24, 2.45) is 5.73 Å². The molecule has 0 bridgehead atoms. The third-order valence-electron chi connectivity index (χ3n) is 4.05. The van der Waals surface area contributed by atoms with Crippen molar-refractivity contribution in [1.82, 2.24) is 4.98 Å². The van der Waals surface area contributed by atoms with Crippen molar-refractivity contribution in [3.8, 4) is 10.6 Å². The Labute approximate surface area is 158 Å². The number of aromatic nitrogens is 1. The number of rotatable bonds is 10. The molecule has 0 aliphatic rings. The van der Waals surface area contributed by atoms with Crippen LogP contribution in [-0.4, -0.2) is 51.5 Å². The number of hydrogen-bond acceptors (Lipinski definition) is 6. The molecule has 0 radical (unpaired) electrons. The van der Waals surface area contributed by atoms with Gasteiger partial charge >= 0.3 is 0 Å². The average Bonchev–Trinajstić information content (AvgIpc) is 3.11. The number of likely N-dealkylation sites (N-methyl/N-ethyl adjacent to an activating group) is 1. The summed E-state index contributed by atoms with van der Waals surface area (Å²) in [5, 5.41) is 1.06. The molecular formula is C20H25N3O2S. The molecule has 3 rings (SSSR count). The van der Waals surface area contributed by atoms with Crippen LogP contribution in [0, 0.1) is 0 Å². The number of para-hydroxylation sites is 1. The summed E-state index contributed by atoms with van der Waals surface area (Å²) in [6.07, 6.45) is 0. The van der Waals surface area contributed by atoms with Crippen molar-refractivity contribution in [3.63, 3.8) is 0 Å². The predicted molar refractivity (Wildman–Crippen MR) is 109 cm³/mol. The Morgan fingerprint density at radius 2 is 1.69 bits per heavy atom. The van der Waals surface area contributed by atoms with Crippen LogP contribution in [0.3, 0.4) is 0 Å². The molecule has 1 heterocycles. The van der Waals surface area contributed by atoms with E-state index >= 15 is 0 Å². The Bertz CT molecular complexity index is 771. The molecule has 3 aromatic rings. The molecule has 2 aromatic carbocycles. The summed E-state index contributed by atoms with van der Waals surface area (Å²) in [4.78, 5) is 6.90. The number of nitrogens with two attached hydrogens (primary N) is 1.